The van der Waals surface area contributed by atoms with Crippen LogP contribution in [0.15, 0.2) is 84.9 Å². The van der Waals surface area contributed by atoms with Crippen molar-refractivity contribution in [2.45, 2.75) is 0 Å². The minimum Gasteiger partial charge on any atom is -0.478 e. The minimum absolute atomic E-state index is 0.272. The molecule has 4 aromatic carbocycles. The first-order valence-electron chi connectivity index (χ1n) is 8.76. The molecule has 0 spiro atoms. The molecule has 1 N–H and O–H groups in total. The quantitative estimate of drug-likeness (QED) is 0.403. The number of aromatic nitrogens is 1. The first-order valence-corrected chi connectivity index (χ1v) is 8.76. The van der Waals surface area contributed by atoms with Crippen molar-refractivity contribution in [2.24, 2.45) is 0 Å². The lowest BCUT2D eigenvalue weighted by atomic mass is 9.98. The standard InChI is InChI=1S/C24H15NO2/c26-24(27)21-14-23(19-11-5-9-15-6-3-4-10-18(15)19)25-22-13-17-8-2-1-7-16(17)12-20(21)22/h1-14H,(H,26,27). The SMILES string of the molecule is O=C(O)c1cc(-c2cccc3ccccc23)nc2cc3ccccc3cc12. The highest BCUT2D eigenvalue weighted by molar-refractivity contribution is 6.09. The summed E-state index contributed by atoms with van der Waals surface area (Å²) >= 11 is 0. The van der Waals surface area contributed by atoms with E-state index >= 15 is 0 Å². The van der Waals surface area contributed by atoms with Gasteiger partial charge in [0.05, 0.1) is 16.8 Å². The number of carbonyl (C=O) groups is 1. The second kappa shape index (κ2) is 5.92. The second-order valence-corrected chi connectivity index (χ2v) is 6.60. The van der Waals surface area contributed by atoms with Crippen molar-refractivity contribution in [3.63, 3.8) is 0 Å². The van der Waals surface area contributed by atoms with E-state index in [1.807, 2.05) is 78.9 Å². The molecule has 1 heterocycles. The monoisotopic (exact) mass is 349 g/mol. The molecule has 0 saturated heterocycles. The van der Waals surface area contributed by atoms with Crippen molar-refractivity contribution in [1.29, 1.82) is 0 Å². The molecule has 0 aliphatic carbocycles. The third-order valence-electron chi connectivity index (χ3n) is 4.97. The first kappa shape index (κ1) is 15.5. The summed E-state index contributed by atoms with van der Waals surface area (Å²) in [7, 11) is 0. The van der Waals surface area contributed by atoms with Gasteiger partial charge < -0.3 is 5.11 Å². The Hall–Kier alpha value is -3.72. The van der Waals surface area contributed by atoms with Crippen LogP contribution in [-0.4, -0.2) is 16.1 Å². The van der Waals surface area contributed by atoms with E-state index in [1.54, 1.807) is 6.07 Å². The molecule has 0 amide bonds. The number of pyridine rings is 1. The number of hydrogen-bond acceptors (Lipinski definition) is 2. The van der Waals surface area contributed by atoms with Gasteiger partial charge in [-0.3, -0.25) is 0 Å². The molecule has 5 rings (SSSR count). The molecule has 27 heavy (non-hydrogen) atoms. The maximum absolute atomic E-state index is 12.0. The molecule has 0 unspecified atom stereocenters. The van der Waals surface area contributed by atoms with Gasteiger partial charge in [0.25, 0.3) is 0 Å². The van der Waals surface area contributed by atoms with Gasteiger partial charge >= 0.3 is 5.97 Å². The van der Waals surface area contributed by atoms with E-state index in [-0.39, 0.29) is 5.56 Å². The van der Waals surface area contributed by atoms with E-state index in [9.17, 15) is 9.90 Å². The molecule has 0 aliphatic heterocycles. The largest absolute Gasteiger partial charge is 0.478 e. The third-order valence-corrected chi connectivity index (χ3v) is 4.97. The van der Waals surface area contributed by atoms with Crippen LogP contribution in [0.5, 0.6) is 0 Å². The Balaban J connectivity index is 1.87. The number of nitrogens with zero attached hydrogens (tertiary/aromatic N) is 1. The fourth-order valence-electron chi connectivity index (χ4n) is 3.68. The summed E-state index contributed by atoms with van der Waals surface area (Å²) in [6, 6.07) is 27.6. The zero-order valence-electron chi connectivity index (χ0n) is 14.4. The van der Waals surface area contributed by atoms with Crippen molar-refractivity contribution in [2.75, 3.05) is 0 Å². The lowest BCUT2D eigenvalue weighted by Gasteiger charge is -2.11. The molecule has 0 atom stereocenters. The number of fused-ring (bicyclic) bond motifs is 3. The maximum atomic E-state index is 12.0. The number of carboxylic acid groups (broad SMARTS) is 1. The van der Waals surface area contributed by atoms with E-state index in [2.05, 4.69) is 0 Å². The van der Waals surface area contributed by atoms with Crippen LogP contribution in [0, 0.1) is 0 Å². The Bertz CT molecular complexity index is 1350. The molecule has 128 valence electrons. The van der Waals surface area contributed by atoms with Gasteiger partial charge in [-0.05, 0) is 39.7 Å². The predicted molar refractivity (Wildman–Crippen MR) is 109 cm³/mol. The van der Waals surface area contributed by atoms with Crippen molar-refractivity contribution in [1.82, 2.24) is 4.98 Å². The highest BCUT2D eigenvalue weighted by Gasteiger charge is 2.15. The van der Waals surface area contributed by atoms with Crippen molar-refractivity contribution in [3.05, 3.63) is 90.5 Å². The summed E-state index contributed by atoms with van der Waals surface area (Å²) in [5.74, 6) is -0.945. The van der Waals surface area contributed by atoms with Gasteiger partial charge in [-0.1, -0.05) is 66.7 Å². The topological polar surface area (TPSA) is 50.2 Å². The zero-order chi connectivity index (χ0) is 18.4. The molecule has 3 heteroatoms. The van der Waals surface area contributed by atoms with Gasteiger partial charge in [0.15, 0.2) is 0 Å². The Morgan fingerprint density at radius 1 is 0.704 bits per heavy atom. The van der Waals surface area contributed by atoms with E-state index < -0.39 is 5.97 Å². The predicted octanol–water partition coefficient (Wildman–Crippen LogP) is 5.91. The molecule has 5 aromatic rings. The van der Waals surface area contributed by atoms with Crippen LogP contribution in [0.25, 0.3) is 43.7 Å². The van der Waals surface area contributed by atoms with Gasteiger partial charge in [0.2, 0.25) is 0 Å². The first-order chi connectivity index (χ1) is 13.2. The number of hydrogen-bond donors (Lipinski definition) is 1. The van der Waals surface area contributed by atoms with E-state index in [0.29, 0.717) is 16.6 Å². The molecule has 0 fully saturated rings. The van der Waals surface area contributed by atoms with Crippen LogP contribution < -0.4 is 0 Å². The molecule has 0 radical (unpaired) electrons. The summed E-state index contributed by atoms with van der Waals surface area (Å²) in [5.41, 5.74) is 2.57. The van der Waals surface area contributed by atoms with Gasteiger partial charge in [0.1, 0.15) is 0 Å². The summed E-state index contributed by atoms with van der Waals surface area (Å²) in [4.78, 5) is 16.8. The molecule has 1 aromatic heterocycles. The average Bonchev–Trinajstić information content (AvgIpc) is 2.71. The van der Waals surface area contributed by atoms with Gasteiger partial charge in [-0.25, -0.2) is 9.78 Å². The van der Waals surface area contributed by atoms with Crippen LogP contribution in [0.3, 0.4) is 0 Å². The van der Waals surface area contributed by atoms with Crippen LogP contribution in [0.1, 0.15) is 10.4 Å². The van der Waals surface area contributed by atoms with E-state index in [4.69, 9.17) is 4.98 Å². The molecule has 0 aliphatic rings. The number of aromatic carboxylic acids is 1. The molecule has 0 saturated carbocycles. The fourth-order valence-corrected chi connectivity index (χ4v) is 3.68. The molecule has 0 bridgehead atoms. The summed E-state index contributed by atoms with van der Waals surface area (Å²) < 4.78 is 0. The highest BCUT2D eigenvalue weighted by atomic mass is 16.4. The van der Waals surface area contributed by atoms with Crippen LogP contribution in [0.2, 0.25) is 0 Å². The van der Waals surface area contributed by atoms with Crippen LogP contribution in [-0.2, 0) is 0 Å². The Kier molecular flexibility index (Phi) is 3.41. The zero-order valence-corrected chi connectivity index (χ0v) is 14.4. The average molecular weight is 349 g/mol. The number of benzene rings is 4. The molecular weight excluding hydrogens is 334 g/mol. The van der Waals surface area contributed by atoms with Crippen LogP contribution >= 0.6 is 0 Å². The van der Waals surface area contributed by atoms with E-state index in [1.165, 1.54) is 0 Å². The minimum atomic E-state index is -0.945. The highest BCUT2D eigenvalue weighted by Crippen LogP contribution is 2.32. The summed E-state index contributed by atoms with van der Waals surface area (Å²) in [5, 5.41) is 14.7. The normalized spacial score (nSPS) is 11.3. The molecule has 3 nitrogen and oxygen atoms in total. The number of carboxylic acids is 1. The Labute approximate surface area is 155 Å². The fraction of sp³-hybridized carbons (Fsp3) is 0. The van der Waals surface area contributed by atoms with Gasteiger partial charge in [0, 0.05) is 10.9 Å². The molecular formula is C24H15NO2. The maximum Gasteiger partial charge on any atom is 0.336 e. The van der Waals surface area contributed by atoms with E-state index in [0.717, 1.165) is 27.1 Å². The third kappa shape index (κ3) is 2.52. The van der Waals surface area contributed by atoms with Crippen LogP contribution in [0.4, 0.5) is 0 Å². The summed E-state index contributed by atoms with van der Waals surface area (Å²) in [6.45, 7) is 0. The lowest BCUT2D eigenvalue weighted by Crippen LogP contribution is -2.00. The number of rotatable bonds is 2. The van der Waals surface area contributed by atoms with Gasteiger partial charge in [-0.2, -0.15) is 0 Å². The Morgan fingerprint density at radius 3 is 2.15 bits per heavy atom. The second-order valence-electron chi connectivity index (χ2n) is 6.60. The smallest absolute Gasteiger partial charge is 0.336 e. The van der Waals surface area contributed by atoms with Crippen molar-refractivity contribution < 1.29 is 9.90 Å². The Morgan fingerprint density at radius 2 is 1.37 bits per heavy atom. The van der Waals surface area contributed by atoms with Crippen molar-refractivity contribution in [3.8, 4) is 11.3 Å². The lowest BCUT2D eigenvalue weighted by molar-refractivity contribution is 0.0699. The van der Waals surface area contributed by atoms with Crippen molar-refractivity contribution >= 4 is 38.4 Å². The summed E-state index contributed by atoms with van der Waals surface area (Å²) in [6.07, 6.45) is 0. The van der Waals surface area contributed by atoms with Gasteiger partial charge in [-0.15, -0.1) is 0 Å².